The molecule has 0 atom stereocenters. The fourth-order valence-electron chi connectivity index (χ4n) is 2.21. The predicted molar refractivity (Wildman–Crippen MR) is 67.6 cm³/mol. The molecule has 98 valence electrons. The molecule has 0 radical (unpaired) electrons. The van der Waals surface area contributed by atoms with Gasteiger partial charge in [0.1, 0.15) is 0 Å². The Labute approximate surface area is 119 Å². The quantitative estimate of drug-likeness (QED) is 0.746. The van der Waals surface area contributed by atoms with Crippen molar-refractivity contribution in [2.24, 2.45) is 0 Å². The van der Waals surface area contributed by atoms with Gasteiger partial charge in [-0.2, -0.15) is 0 Å². The van der Waals surface area contributed by atoms with E-state index in [1.54, 1.807) is 0 Å². The average molecular weight is 328 g/mol. The van der Waals surface area contributed by atoms with E-state index in [-0.39, 0.29) is 5.56 Å². The number of nitrogens with zero attached hydrogens (tertiary/aromatic N) is 1. The first-order valence-electron chi connectivity index (χ1n) is 5.86. The second-order valence-electron chi connectivity index (χ2n) is 4.25. The Hall–Kier alpha value is 0.204. The van der Waals surface area contributed by atoms with Crippen LogP contribution in [0.5, 0.6) is 0 Å². The molecule has 1 aromatic carbocycles. The molecule has 1 heterocycles. The van der Waals surface area contributed by atoms with Gasteiger partial charge in [0.2, 0.25) is 0 Å². The summed E-state index contributed by atoms with van der Waals surface area (Å²) in [6.07, 6.45) is 3.17. The normalized spacial score (nSPS) is 16.7. The first-order valence-corrected chi connectivity index (χ1v) is 10.9. The minimum atomic E-state index is -2.61. The molecule has 0 aliphatic carbocycles. The molecule has 1 aliphatic rings. The molecule has 0 spiro atoms. The van der Waals surface area contributed by atoms with E-state index in [9.17, 15) is 8.78 Å². The van der Waals surface area contributed by atoms with Gasteiger partial charge in [-0.15, -0.1) is 0 Å². The van der Waals surface area contributed by atoms with Crippen LogP contribution in [0.3, 0.4) is 0 Å². The van der Waals surface area contributed by atoms with Crippen LogP contribution in [0.15, 0.2) is 18.2 Å². The number of hydrogen-bond donors (Lipinski definition) is 0. The van der Waals surface area contributed by atoms with Crippen LogP contribution in [0, 0.1) is 11.6 Å². The maximum absolute atomic E-state index is 13.8. The third-order valence-corrected chi connectivity index (χ3v) is 5.97. The molecule has 0 aromatic heterocycles. The van der Waals surface area contributed by atoms with Crippen LogP contribution in [0.2, 0.25) is 0 Å². The van der Waals surface area contributed by atoms with Gasteiger partial charge in [-0.05, 0) is 0 Å². The van der Waals surface area contributed by atoms with E-state index >= 15 is 0 Å². The number of benzene rings is 1. The van der Waals surface area contributed by atoms with E-state index in [0.29, 0.717) is 3.94 Å². The van der Waals surface area contributed by atoms with Gasteiger partial charge in [0.15, 0.2) is 0 Å². The van der Waals surface area contributed by atoms with Crippen molar-refractivity contribution in [3.8, 4) is 0 Å². The van der Waals surface area contributed by atoms with Gasteiger partial charge in [0.25, 0.3) is 0 Å². The van der Waals surface area contributed by atoms with E-state index in [4.69, 9.17) is 18.6 Å². The summed E-state index contributed by atoms with van der Waals surface area (Å²) in [5.41, 5.74) is -0.0283. The topological polar surface area (TPSA) is 3.24 Å². The SMILES string of the molecule is Fc1cccc(F)c1[C](N1CCCCC1)=[Ti]([Cl])[Cl]. The summed E-state index contributed by atoms with van der Waals surface area (Å²) in [4.78, 5) is 1.96. The standard InChI is InChI=1S/C12H13F2N.2ClH.Ti/c13-11-5-4-6-12(14)10(11)9-15-7-2-1-3-8-15;;;/h4-6H,1-3,7-8H2;2*1H;/q;;;+2/p-2. The van der Waals surface area contributed by atoms with E-state index in [0.717, 1.165) is 32.4 Å². The van der Waals surface area contributed by atoms with Gasteiger partial charge < -0.3 is 0 Å². The van der Waals surface area contributed by atoms with E-state index in [1.807, 2.05) is 4.90 Å². The molecule has 1 fully saturated rings. The van der Waals surface area contributed by atoms with E-state index < -0.39 is 26.9 Å². The van der Waals surface area contributed by atoms with Crippen LogP contribution in [0.1, 0.15) is 24.8 Å². The van der Waals surface area contributed by atoms with Crippen molar-refractivity contribution in [1.29, 1.82) is 0 Å². The third kappa shape index (κ3) is 3.20. The Morgan fingerprint density at radius 2 is 1.61 bits per heavy atom. The van der Waals surface area contributed by atoms with Crippen molar-refractivity contribution < 1.29 is 24.1 Å². The molecule has 0 bridgehead atoms. The Morgan fingerprint density at radius 1 is 1.06 bits per heavy atom. The van der Waals surface area contributed by atoms with Crippen molar-refractivity contribution in [2.75, 3.05) is 13.1 Å². The van der Waals surface area contributed by atoms with Crippen LogP contribution >= 0.6 is 18.6 Å². The number of halogens is 4. The summed E-state index contributed by atoms with van der Waals surface area (Å²) >= 11 is -2.61. The molecule has 2 rings (SSSR count). The number of rotatable bonds is 2. The van der Waals surface area contributed by atoms with Gasteiger partial charge in [-0.1, -0.05) is 0 Å². The first-order chi connectivity index (χ1) is 8.61. The molecule has 1 aliphatic heterocycles. The van der Waals surface area contributed by atoms with Gasteiger partial charge in [-0.25, -0.2) is 0 Å². The third-order valence-electron chi connectivity index (χ3n) is 3.05. The zero-order chi connectivity index (χ0) is 13.1. The summed E-state index contributed by atoms with van der Waals surface area (Å²) in [5.74, 6) is -1.16. The number of hydrogen-bond acceptors (Lipinski definition) is 1. The van der Waals surface area contributed by atoms with Crippen LogP contribution in [-0.2, 0) is 15.3 Å². The zero-order valence-corrected chi connectivity index (χ0v) is 12.8. The van der Waals surface area contributed by atoms with Gasteiger partial charge >= 0.3 is 119 Å². The van der Waals surface area contributed by atoms with Gasteiger partial charge in [-0.3, -0.25) is 0 Å². The monoisotopic (exact) mass is 327 g/mol. The Kier molecular flexibility index (Phi) is 5.34. The van der Waals surface area contributed by atoms with Crippen molar-refractivity contribution in [3.63, 3.8) is 0 Å². The van der Waals surface area contributed by atoms with Crippen molar-refractivity contribution in [2.45, 2.75) is 19.3 Å². The Balaban J connectivity index is 2.46. The Bertz CT molecular complexity index is 449. The summed E-state index contributed by atoms with van der Waals surface area (Å²) in [7, 11) is 12.2. The van der Waals surface area contributed by atoms with E-state index in [1.165, 1.54) is 18.2 Å². The summed E-state index contributed by atoms with van der Waals surface area (Å²) in [6.45, 7) is 1.55. The minimum absolute atomic E-state index is 0.0283. The second-order valence-corrected chi connectivity index (χ2v) is 9.72. The Morgan fingerprint density at radius 3 is 2.11 bits per heavy atom. The molecule has 0 amide bonds. The van der Waals surface area contributed by atoms with E-state index in [2.05, 4.69) is 0 Å². The molecule has 0 saturated carbocycles. The zero-order valence-electron chi connectivity index (χ0n) is 9.73. The summed E-state index contributed by atoms with van der Waals surface area (Å²) in [6, 6.07) is 3.85. The molecule has 0 unspecified atom stereocenters. The van der Waals surface area contributed by atoms with Crippen LogP contribution in [0.4, 0.5) is 8.78 Å². The van der Waals surface area contributed by atoms with Crippen LogP contribution in [0.25, 0.3) is 0 Å². The van der Waals surface area contributed by atoms with Gasteiger partial charge in [0, 0.05) is 0 Å². The summed E-state index contributed by atoms with van der Waals surface area (Å²) < 4.78 is 28.2. The van der Waals surface area contributed by atoms with Crippen molar-refractivity contribution >= 4 is 22.5 Å². The predicted octanol–water partition coefficient (Wildman–Crippen LogP) is 3.85. The molecule has 1 aromatic rings. The van der Waals surface area contributed by atoms with Gasteiger partial charge in [0.05, 0.1) is 0 Å². The molecule has 1 saturated heterocycles. The number of likely N-dealkylation sites (tertiary alicyclic amines) is 1. The molecular weight excluding hydrogens is 315 g/mol. The molecule has 6 heteroatoms. The average Bonchev–Trinajstić information content (AvgIpc) is 2.34. The first kappa shape index (κ1) is 14.6. The molecule has 1 nitrogen and oxygen atoms in total. The fourth-order valence-corrected chi connectivity index (χ4v) is 5.37. The molecular formula is C12H13Cl2F2NTi. The molecule has 0 N–H and O–H groups in total. The van der Waals surface area contributed by atoms with Crippen molar-refractivity contribution in [3.05, 3.63) is 35.4 Å². The number of piperidine rings is 1. The van der Waals surface area contributed by atoms with Crippen LogP contribution < -0.4 is 0 Å². The summed E-state index contributed by atoms with van der Waals surface area (Å²) in [5, 5.41) is 0. The second kappa shape index (κ2) is 6.58. The van der Waals surface area contributed by atoms with Crippen LogP contribution in [-0.4, -0.2) is 21.9 Å². The maximum atomic E-state index is 13.8. The fraction of sp³-hybridized carbons (Fsp3) is 0.417. The van der Waals surface area contributed by atoms with Crippen molar-refractivity contribution in [1.82, 2.24) is 4.90 Å². The molecule has 18 heavy (non-hydrogen) atoms.